The van der Waals surface area contributed by atoms with Crippen LogP contribution in [-0.2, 0) is 22.9 Å². The molecule has 10 heteroatoms. The first kappa shape index (κ1) is 26.9. The van der Waals surface area contributed by atoms with Crippen molar-refractivity contribution in [1.29, 1.82) is 0 Å². The molecule has 2 aromatic rings. The van der Waals surface area contributed by atoms with Gasteiger partial charge in [0.1, 0.15) is 12.4 Å². The van der Waals surface area contributed by atoms with Crippen LogP contribution in [0.1, 0.15) is 67.3 Å². The van der Waals surface area contributed by atoms with Crippen LogP contribution in [0.4, 0.5) is 13.2 Å². The standard InChI is InChI=1S/C26H34F3N3O3S/c1-25(2,3)22-15-32(14-19-8-6-12-34-19)24(36-22)30-23(33)20-13-17(26(27,28)29)9-10-21(20)35-16-18-7-5-11-31(18)4/h9-10,13,15,18-19H,5-8,11-12,14,16H2,1-4H3/t18-,19+/m0/s1. The topological polar surface area (TPSA) is 56.1 Å². The summed E-state index contributed by atoms with van der Waals surface area (Å²) in [5.41, 5.74) is -1.25. The van der Waals surface area contributed by atoms with Crippen molar-refractivity contribution in [3.63, 3.8) is 0 Å². The van der Waals surface area contributed by atoms with Crippen molar-refractivity contribution in [2.75, 3.05) is 26.8 Å². The molecule has 198 valence electrons. The summed E-state index contributed by atoms with van der Waals surface area (Å²) in [5, 5.41) is 0. The SMILES string of the molecule is CN1CCC[C@H]1COc1ccc(C(F)(F)F)cc1C(=O)N=c1sc(C(C)(C)C)cn1C[C@H]1CCCO1. The Balaban J connectivity index is 1.69. The minimum absolute atomic E-state index is 0.0253. The lowest BCUT2D eigenvalue weighted by molar-refractivity contribution is -0.137. The number of amides is 1. The van der Waals surface area contributed by atoms with Crippen LogP contribution < -0.4 is 9.54 Å². The smallest absolute Gasteiger partial charge is 0.416 e. The van der Waals surface area contributed by atoms with E-state index in [1.54, 1.807) is 0 Å². The van der Waals surface area contributed by atoms with E-state index in [2.05, 4.69) is 30.7 Å². The van der Waals surface area contributed by atoms with Gasteiger partial charge in [0, 0.05) is 23.7 Å². The molecule has 2 aliphatic rings. The van der Waals surface area contributed by atoms with Crippen LogP contribution in [0.5, 0.6) is 5.75 Å². The number of likely N-dealkylation sites (tertiary alicyclic amines) is 1. The molecule has 0 aliphatic carbocycles. The number of thiazole rings is 1. The van der Waals surface area contributed by atoms with E-state index in [-0.39, 0.29) is 28.9 Å². The van der Waals surface area contributed by atoms with Gasteiger partial charge in [-0.1, -0.05) is 20.8 Å². The van der Waals surface area contributed by atoms with Crippen LogP contribution in [0.2, 0.25) is 0 Å². The number of nitrogens with zero attached hydrogens (tertiary/aromatic N) is 3. The van der Waals surface area contributed by atoms with Crippen LogP contribution in [0, 0.1) is 0 Å². The lowest BCUT2D eigenvalue weighted by Gasteiger charge is -2.20. The van der Waals surface area contributed by atoms with Gasteiger partial charge < -0.3 is 18.9 Å². The Morgan fingerprint density at radius 2 is 2.00 bits per heavy atom. The maximum Gasteiger partial charge on any atom is 0.416 e. The quantitative estimate of drug-likeness (QED) is 0.517. The minimum atomic E-state index is -4.58. The molecule has 36 heavy (non-hydrogen) atoms. The van der Waals surface area contributed by atoms with Crippen LogP contribution in [-0.4, -0.2) is 54.3 Å². The van der Waals surface area contributed by atoms with E-state index in [9.17, 15) is 18.0 Å². The number of likely N-dealkylation sites (N-methyl/N-ethyl adjacent to an activating group) is 1. The molecule has 1 amide bonds. The molecule has 0 saturated carbocycles. The molecule has 6 nitrogen and oxygen atoms in total. The van der Waals surface area contributed by atoms with Crippen molar-refractivity contribution < 1.29 is 27.4 Å². The van der Waals surface area contributed by atoms with E-state index in [1.165, 1.54) is 17.4 Å². The second-order valence-corrected chi connectivity index (χ2v) is 11.6. The highest BCUT2D eigenvalue weighted by atomic mass is 32.1. The van der Waals surface area contributed by atoms with Crippen LogP contribution in [0.15, 0.2) is 29.4 Å². The van der Waals surface area contributed by atoms with Gasteiger partial charge in [-0.15, -0.1) is 11.3 Å². The van der Waals surface area contributed by atoms with Crippen LogP contribution in [0.3, 0.4) is 0 Å². The molecule has 1 aromatic heterocycles. The number of benzene rings is 1. The summed E-state index contributed by atoms with van der Waals surface area (Å²) in [7, 11) is 1.99. The Morgan fingerprint density at radius 1 is 1.22 bits per heavy atom. The highest BCUT2D eigenvalue weighted by molar-refractivity contribution is 7.09. The molecule has 0 bridgehead atoms. The largest absolute Gasteiger partial charge is 0.491 e. The normalized spacial score (nSPS) is 21.9. The summed E-state index contributed by atoms with van der Waals surface area (Å²) in [6.45, 7) is 8.70. The minimum Gasteiger partial charge on any atom is -0.491 e. The summed E-state index contributed by atoms with van der Waals surface area (Å²) < 4.78 is 54.0. The molecule has 4 rings (SSSR count). The molecule has 0 spiro atoms. The monoisotopic (exact) mass is 525 g/mol. The molecule has 2 aliphatic heterocycles. The van der Waals surface area contributed by atoms with E-state index in [0.717, 1.165) is 49.2 Å². The van der Waals surface area contributed by atoms with Gasteiger partial charge in [0.05, 0.1) is 23.8 Å². The van der Waals surface area contributed by atoms with Crippen molar-refractivity contribution in [3.05, 3.63) is 45.2 Å². The van der Waals surface area contributed by atoms with Gasteiger partial charge >= 0.3 is 6.18 Å². The third kappa shape index (κ3) is 6.39. The van der Waals surface area contributed by atoms with Crippen molar-refractivity contribution in [2.45, 2.75) is 76.7 Å². The molecule has 1 aromatic carbocycles. The first-order valence-electron chi connectivity index (χ1n) is 12.4. The Kier molecular flexibility index (Phi) is 7.97. The Morgan fingerprint density at radius 3 is 2.61 bits per heavy atom. The van der Waals surface area contributed by atoms with Gasteiger partial charge in [-0.2, -0.15) is 18.2 Å². The summed E-state index contributed by atoms with van der Waals surface area (Å²) in [4.78, 5) is 21.3. The zero-order valence-corrected chi connectivity index (χ0v) is 22.0. The number of hydrogen-bond donors (Lipinski definition) is 0. The molecule has 2 saturated heterocycles. The average Bonchev–Trinajstić information content (AvgIpc) is 3.54. The molecular weight excluding hydrogens is 491 g/mol. The molecule has 2 atom stereocenters. The second-order valence-electron chi connectivity index (χ2n) is 10.6. The molecule has 0 radical (unpaired) electrons. The summed E-state index contributed by atoms with van der Waals surface area (Å²) in [5.74, 6) is -0.630. The summed E-state index contributed by atoms with van der Waals surface area (Å²) >= 11 is 1.37. The highest BCUT2D eigenvalue weighted by Crippen LogP contribution is 2.33. The van der Waals surface area contributed by atoms with Gasteiger partial charge in [0.25, 0.3) is 5.91 Å². The fourth-order valence-corrected chi connectivity index (χ4v) is 5.53. The lowest BCUT2D eigenvalue weighted by Crippen LogP contribution is -2.30. The predicted octanol–water partition coefficient (Wildman–Crippen LogP) is 5.26. The fraction of sp³-hybridized carbons (Fsp3) is 0.615. The fourth-order valence-electron chi connectivity index (χ4n) is 4.47. The van der Waals surface area contributed by atoms with Crippen molar-refractivity contribution in [1.82, 2.24) is 9.47 Å². The number of alkyl halides is 3. The van der Waals surface area contributed by atoms with Crippen molar-refractivity contribution in [3.8, 4) is 5.75 Å². The third-order valence-electron chi connectivity index (χ3n) is 6.72. The second kappa shape index (κ2) is 10.7. The molecule has 0 N–H and O–H groups in total. The number of aromatic nitrogens is 1. The van der Waals surface area contributed by atoms with Gasteiger partial charge in [0.15, 0.2) is 4.80 Å². The first-order chi connectivity index (χ1) is 16.9. The van der Waals surface area contributed by atoms with Crippen LogP contribution in [0.25, 0.3) is 0 Å². The van der Waals surface area contributed by atoms with Crippen LogP contribution >= 0.6 is 11.3 Å². The number of hydrogen-bond acceptors (Lipinski definition) is 5. The number of ether oxygens (including phenoxy) is 2. The van der Waals surface area contributed by atoms with Crippen molar-refractivity contribution in [2.24, 2.45) is 4.99 Å². The van der Waals surface area contributed by atoms with Gasteiger partial charge in [-0.25, -0.2) is 0 Å². The molecule has 0 unspecified atom stereocenters. The Bertz CT molecular complexity index is 1140. The Hall–Kier alpha value is -2.17. The van der Waals surface area contributed by atoms with E-state index in [0.29, 0.717) is 24.6 Å². The zero-order valence-electron chi connectivity index (χ0n) is 21.2. The van der Waals surface area contributed by atoms with E-state index < -0.39 is 17.6 Å². The predicted molar refractivity (Wildman–Crippen MR) is 132 cm³/mol. The molecular formula is C26H34F3N3O3S. The maximum absolute atomic E-state index is 13.5. The average molecular weight is 526 g/mol. The number of halogens is 3. The maximum atomic E-state index is 13.5. The van der Waals surface area contributed by atoms with Gasteiger partial charge in [-0.3, -0.25) is 4.79 Å². The van der Waals surface area contributed by atoms with E-state index >= 15 is 0 Å². The van der Waals surface area contributed by atoms with Crippen molar-refractivity contribution >= 4 is 17.2 Å². The van der Waals surface area contributed by atoms with Gasteiger partial charge in [0.2, 0.25) is 0 Å². The van der Waals surface area contributed by atoms with E-state index in [4.69, 9.17) is 9.47 Å². The number of carbonyl (C=O) groups is 1. The highest BCUT2D eigenvalue weighted by Gasteiger charge is 2.32. The summed E-state index contributed by atoms with van der Waals surface area (Å²) in [6, 6.07) is 3.19. The van der Waals surface area contributed by atoms with E-state index in [1.807, 2.05) is 17.8 Å². The number of rotatable bonds is 6. The summed E-state index contributed by atoms with van der Waals surface area (Å²) in [6.07, 6.45) is 1.30. The Labute approximate surface area is 213 Å². The first-order valence-corrected chi connectivity index (χ1v) is 13.2. The molecule has 2 fully saturated rings. The third-order valence-corrected chi connectivity index (χ3v) is 8.17. The lowest BCUT2D eigenvalue weighted by atomic mass is 9.95. The molecule has 3 heterocycles. The van der Waals surface area contributed by atoms with Gasteiger partial charge in [-0.05, 0) is 62.9 Å². The zero-order chi connectivity index (χ0) is 26.1. The number of carbonyl (C=O) groups excluding carboxylic acids is 1.